The van der Waals surface area contributed by atoms with E-state index in [-0.39, 0.29) is 11.5 Å². The van der Waals surface area contributed by atoms with Gasteiger partial charge < -0.3 is 14.5 Å². The van der Waals surface area contributed by atoms with Gasteiger partial charge in [0.2, 0.25) is 0 Å². The molecule has 7 nitrogen and oxygen atoms in total. The highest BCUT2D eigenvalue weighted by atomic mass is 32.2. The van der Waals surface area contributed by atoms with Gasteiger partial charge in [0.25, 0.3) is 5.91 Å². The molecule has 1 fully saturated rings. The predicted molar refractivity (Wildman–Crippen MR) is 133 cm³/mol. The Balaban J connectivity index is 1.60. The third kappa shape index (κ3) is 6.08. The summed E-state index contributed by atoms with van der Waals surface area (Å²) in [4.78, 5) is 12.7. The highest BCUT2D eigenvalue weighted by Gasteiger charge is 2.23. The lowest BCUT2D eigenvalue weighted by molar-refractivity contribution is -0.117. The molecule has 2 heterocycles. The van der Waals surface area contributed by atoms with Gasteiger partial charge in [-0.25, -0.2) is 0 Å². The van der Waals surface area contributed by atoms with Crippen LogP contribution in [0, 0.1) is 31.1 Å². The van der Waals surface area contributed by atoms with E-state index in [4.69, 9.17) is 0 Å². The topological polar surface area (TPSA) is 88.5 Å². The molecule has 2 aromatic rings. The number of aryl methyl sites for hydroxylation is 2. The first-order valence-electron chi connectivity index (χ1n) is 11.9. The highest BCUT2D eigenvalue weighted by molar-refractivity contribution is 7.98. The summed E-state index contributed by atoms with van der Waals surface area (Å²) in [5.41, 5.74) is 3.28. The molecule has 1 amide bonds. The van der Waals surface area contributed by atoms with Gasteiger partial charge in [-0.05, 0) is 63.0 Å². The molecule has 8 heteroatoms. The second-order valence-corrected chi connectivity index (χ2v) is 10.0. The van der Waals surface area contributed by atoms with Crippen molar-refractivity contribution in [3.63, 3.8) is 0 Å². The Kier molecular flexibility index (Phi) is 8.79. The Morgan fingerprint density at radius 3 is 2.70 bits per heavy atom. The van der Waals surface area contributed by atoms with E-state index in [1.165, 1.54) is 25.7 Å². The van der Waals surface area contributed by atoms with Crippen LogP contribution < -0.4 is 5.32 Å². The van der Waals surface area contributed by atoms with Gasteiger partial charge in [0.05, 0.1) is 0 Å². The zero-order valence-corrected chi connectivity index (χ0v) is 21.3. The average molecular weight is 469 g/mol. The molecule has 0 bridgehead atoms. The maximum Gasteiger partial charge on any atom is 0.261 e. The number of hydrogen-bond donors (Lipinski definition) is 1. The van der Waals surface area contributed by atoms with Crippen LogP contribution in [0.15, 0.2) is 16.8 Å². The molecule has 0 aliphatic heterocycles. The van der Waals surface area contributed by atoms with Crippen LogP contribution in [0.25, 0.3) is 6.08 Å². The lowest BCUT2D eigenvalue weighted by Crippen LogP contribution is -2.26. The first-order chi connectivity index (χ1) is 15.8. The van der Waals surface area contributed by atoms with E-state index in [9.17, 15) is 10.1 Å². The third-order valence-corrected chi connectivity index (χ3v) is 6.94. The molecule has 0 atom stereocenters. The van der Waals surface area contributed by atoms with Crippen molar-refractivity contribution in [1.29, 1.82) is 5.26 Å². The first kappa shape index (κ1) is 25.1. The van der Waals surface area contributed by atoms with Gasteiger partial charge in [-0.15, -0.1) is 10.2 Å². The molecule has 1 aliphatic rings. The van der Waals surface area contributed by atoms with Crippen molar-refractivity contribution in [3.8, 4) is 6.07 Å². The van der Waals surface area contributed by atoms with Crippen LogP contribution in [-0.4, -0.2) is 38.0 Å². The summed E-state index contributed by atoms with van der Waals surface area (Å²) < 4.78 is 4.54. The van der Waals surface area contributed by atoms with Gasteiger partial charge in [0, 0.05) is 36.9 Å². The molecule has 1 N–H and O–H groups in total. The number of aromatic nitrogens is 4. The van der Waals surface area contributed by atoms with E-state index >= 15 is 0 Å². The molecule has 0 spiro atoms. The Labute approximate surface area is 201 Å². The van der Waals surface area contributed by atoms with Crippen LogP contribution in [0.1, 0.15) is 74.8 Å². The van der Waals surface area contributed by atoms with Gasteiger partial charge in [-0.2, -0.15) is 5.26 Å². The van der Waals surface area contributed by atoms with Crippen molar-refractivity contribution < 1.29 is 4.79 Å². The lowest BCUT2D eigenvalue weighted by atomic mass is 10.1. The van der Waals surface area contributed by atoms with Gasteiger partial charge in [0.15, 0.2) is 5.16 Å². The van der Waals surface area contributed by atoms with Crippen LogP contribution in [-0.2, 0) is 17.8 Å². The normalized spacial score (nSPS) is 14.8. The third-order valence-electron chi connectivity index (χ3n) is 6.30. The van der Waals surface area contributed by atoms with E-state index in [0.717, 1.165) is 47.3 Å². The van der Waals surface area contributed by atoms with Gasteiger partial charge in [0.1, 0.15) is 17.5 Å². The van der Waals surface area contributed by atoms with Crippen molar-refractivity contribution in [3.05, 3.63) is 34.4 Å². The minimum Gasteiger partial charge on any atom is -0.351 e. The number of nitriles is 1. The summed E-state index contributed by atoms with van der Waals surface area (Å²) in [6.07, 6.45) is 10.1. The SMILES string of the molecule is CSc1nnc(CCCNC(=O)/C(C#N)=C/c2cc(C)n(CC(C)C)c2C)n1C1CCCC1. The molecular weight excluding hydrogens is 432 g/mol. The second-order valence-electron chi connectivity index (χ2n) is 9.27. The predicted octanol–water partition coefficient (Wildman–Crippen LogP) is 4.85. The van der Waals surface area contributed by atoms with Crippen molar-refractivity contribution in [2.75, 3.05) is 12.8 Å². The minimum absolute atomic E-state index is 0.138. The molecule has 0 saturated heterocycles. The summed E-state index contributed by atoms with van der Waals surface area (Å²) >= 11 is 1.64. The maximum absolute atomic E-state index is 12.7. The molecular formula is C25H36N6OS. The lowest BCUT2D eigenvalue weighted by Gasteiger charge is -2.16. The Morgan fingerprint density at radius 2 is 2.06 bits per heavy atom. The molecule has 0 aromatic carbocycles. The van der Waals surface area contributed by atoms with E-state index < -0.39 is 0 Å². The van der Waals surface area contributed by atoms with Crippen molar-refractivity contribution in [2.45, 2.75) is 84.0 Å². The molecule has 178 valence electrons. The number of carbonyl (C=O) groups excluding carboxylic acids is 1. The van der Waals surface area contributed by atoms with Crippen molar-refractivity contribution in [1.82, 2.24) is 24.6 Å². The monoisotopic (exact) mass is 468 g/mol. The number of nitrogens with one attached hydrogen (secondary N) is 1. The molecule has 2 aromatic heterocycles. The van der Waals surface area contributed by atoms with E-state index in [1.807, 2.05) is 19.2 Å². The smallest absolute Gasteiger partial charge is 0.261 e. The summed E-state index contributed by atoms with van der Waals surface area (Å²) in [5.74, 6) is 1.19. The fraction of sp³-hybridized carbons (Fsp3) is 0.600. The molecule has 3 rings (SSSR count). The zero-order valence-electron chi connectivity index (χ0n) is 20.5. The molecule has 0 radical (unpaired) electrons. The Hall–Kier alpha value is -2.53. The number of amides is 1. The van der Waals surface area contributed by atoms with Gasteiger partial charge >= 0.3 is 0 Å². The van der Waals surface area contributed by atoms with Crippen LogP contribution in [0.2, 0.25) is 0 Å². The van der Waals surface area contributed by atoms with E-state index in [1.54, 1.807) is 17.8 Å². The number of rotatable bonds is 10. The zero-order chi connectivity index (χ0) is 24.0. The van der Waals surface area contributed by atoms with Crippen molar-refractivity contribution in [2.24, 2.45) is 5.92 Å². The van der Waals surface area contributed by atoms with Gasteiger partial charge in [-0.1, -0.05) is 38.5 Å². The Morgan fingerprint density at radius 1 is 1.33 bits per heavy atom. The molecule has 0 unspecified atom stereocenters. The molecule has 1 aliphatic carbocycles. The molecule has 1 saturated carbocycles. The van der Waals surface area contributed by atoms with E-state index in [0.29, 0.717) is 18.5 Å². The standard InChI is InChI=1S/C25H36N6OS/c1-17(2)16-30-18(3)13-20(19(30)4)14-21(15-26)24(32)27-12-8-11-23-28-29-25(33-5)31(23)22-9-6-7-10-22/h13-14,17,22H,6-12,16H2,1-5H3,(H,27,32)/b21-14+. The highest BCUT2D eigenvalue weighted by Crippen LogP contribution is 2.33. The quantitative estimate of drug-likeness (QED) is 0.233. The van der Waals surface area contributed by atoms with Crippen LogP contribution in [0.3, 0.4) is 0 Å². The summed E-state index contributed by atoms with van der Waals surface area (Å²) in [7, 11) is 0. The minimum atomic E-state index is -0.326. The largest absolute Gasteiger partial charge is 0.351 e. The molecule has 33 heavy (non-hydrogen) atoms. The van der Waals surface area contributed by atoms with Crippen molar-refractivity contribution >= 4 is 23.7 Å². The average Bonchev–Trinajstić information content (AvgIpc) is 3.50. The number of hydrogen-bond acceptors (Lipinski definition) is 5. The fourth-order valence-electron chi connectivity index (χ4n) is 4.61. The van der Waals surface area contributed by atoms with Crippen LogP contribution in [0.5, 0.6) is 0 Å². The van der Waals surface area contributed by atoms with Crippen LogP contribution in [0.4, 0.5) is 0 Å². The summed E-state index contributed by atoms with van der Waals surface area (Å²) in [5, 5.41) is 22.2. The first-order valence-corrected chi connectivity index (χ1v) is 13.1. The van der Waals surface area contributed by atoms with E-state index in [2.05, 4.69) is 51.5 Å². The number of carbonyl (C=O) groups is 1. The maximum atomic E-state index is 12.7. The number of thioether (sulfide) groups is 1. The van der Waals surface area contributed by atoms with Crippen LogP contribution >= 0.6 is 11.8 Å². The summed E-state index contributed by atoms with van der Waals surface area (Å²) in [6, 6.07) is 4.61. The summed E-state index contributed by atoms with van der Waals surface area (Å²) in [6.45, 7) is 9.88. The fourth-order valence-corrected chi connectivity index (χ4v) is 5.19. The Bertz CT molecular complexity index is 1040. The number of nitrogens with zero attached hydrogens (tertiary/aromatic N) is 5. The van der Waals surface area contributed by atoms with Gasteiger partial charge in [-0.3, -0.25) is 4.79 Å². The second kappa shape index (κ2) is 11.6.